The summed E-state index contributed by atoms with van der Waals surface area (Å²) in [5, 5.41) is 12.0. The van der Waals surface area contributed by atoms with E-state index < -0.39 is 4.92 Å². The lowest BCUT2D eigenvalue weighted by Gasteiger charge is -2.36. The molecule has 1 aliphatic rings. The van der Waals surface area contributed by atoms with Crippen molar-refractivity contribution in [2.24, 2.45) is 0 Å². The zero-order valence-electron chi connectivity index (χ0n) is 13.8. The van der Waals surface area contributed by atoms with Crippen LogP contribution < -0.4 is 4.90 Å². The lowest BCUT2D eigenvalue weighted by atomic mass is 10.1. The van der Waals surface area contributed by atoms with E-state index in [0.717, 1.165) is 5.69 Å². The van der Waals surface area contributed by atoms with E-state index in [9.17, 15) is 14.9 Å². The first-order valence-electron chi connectivity index (χ1n) is 8.01. The van der Waals surface area contributed by atoms with Crippen LogP contribution in [0.4, 0.5) is 11.4 Å². The van der Waals surface area contributed by atoms with Crippen molar-refractivity contribution < 1.29 is 9.72 Å². The minimum atomic E-state index is -0.481. The predicted octanol–water partition coefficient (Wildman–Crippen LogP) is 3.52. The molecule has 1 fully saturated rings. The molecule has 130 valence electrons. The molecule has 0 atom stereocenters. The van der Waals surface area contributed by atoms with E-state index in [2.05, 4.69) is 4.90 Å². The average Bonchev–Trinajstić information content (AvgIpc) is 2.60. The number of aryl methyl sites for hydroxylation is 1. The van der Waals surface area contributed by atoms with Gasteiger partial charge in [0.15, 0.2) is 0 Å². The molecule has 3 rings (SSSR count). The van der Waals surface area contributed by atoms with Crippen LogP contribution >= 0.6 is 11.6 Å². The summed E-state index contributed by atoms with van der Waals surface area (Å²) in [5.74, 6) is -0.291. The zero-order valence-corrected chi connectivity index (χ0v) is 14.6. The first-order chi connectivity index (χ1) is 12.0. The fourth-order valence-electron chi connectivity index (χ4n) is 3.08. The number of carbonyl (C=O) groups is 1. The number of amides is 1. The summed E-state index contributed by atoms with van der Waals surface area (Å²) in [7, 11) is 0. The minimum Gasteiger partial charge on any atom is -0.368 e. The molecule has 1 amide bonds. The molecule has 1 saturated heterocycles. The second-order valence-electron chi connectivity index (χ2n) is 5.99. The van der Waals surface area contributed by atoms with Crippen molar-refractivity contribution in [1.29, 1.82) is 0 Å². The van der Waals surface area contributed by atoms with Gasteiger partial charge in [0.05, 0.1) is 4.92 Å². The van der Waals surface area contributed by atoms with E-state index in [4.69, 9.17) is 11.6 Å². The summed E-state index contributed by atoms with van der Waals surface area (Å²) >= 11 is 6.03. The molecular weight excluding hydrogens is 342 g/mol. The Labute approximate surface area is 150 Å². The molecule has 0 bridgehead atoms. The number of rotatable bonds is 3. The van der Waals surface area contributed by atoms with Crippen molar-refractivity contribution in [2.75, 3.05) is 31.1 Å². The zero-order chi connectivity index (χ0) is 18.0. The van der Waals surface area contributed by atoms with E-state index >= 15 is 0 Å². The highest BCUT2D eigenvalue weighted by Gasteiger charge is 2.28. The predicted molar refractivity (Wildman–Crippen MR) is 97.4 cm³/mol. The molecule has 2 aromatic carbocycles. The Morgan fingerprint density at radius 1 is 1.12 bits per heavy atom. The van der Waals surface area contributed by atoms with Crippen LogP contribution in [0.1, 0.15) is 15.9 Å². The molecule has 0 N–H and O–H groups in total. The number of hydrogen-bond acceptors (Lipinski definition) is 4. The molecule has 0 aliphatic carbocycles. The van der Waals surface area contributed by atoms with Crippen molar-refractivity contribution in [1.82, 2.24) is 4.90 Å². The maximum atomic E-state index is 12.8. The molecule has 1 aliphatic heterocycles. The van der Waals surface area contributed by atoms with E-state index in [-0.39, 0.29) is 17.2 Å². The smallest absolute Gasteiger partial charge is 0.285 e. The molecule has 2 aromatic rings. The van der Waals surface area contributed by atoms with Gasteiger partial charge < -0.3 is 9.80 Å². The molecular formula is C18H18ClN3O3. The normalized spacial score (nSPS) is 14.5. The Morgan fingerprint density at radius 3 is 2.44 bits per heavy atom. The standard InChI is InChI=1S/C18H18ClN3O3/c1-13-4-2-7-16(17(13)22(24)25)18(23)21-10-8-20(9-11-21)15-6-3-5-14(19)12-15/h2-7,12H,8-11H2,1H3. The number of carbonyl (C=O) groups excluding carboxylic acids is 1. The minimum absolute atomic E-state index is 0.107. The van der Waals surface area contributed by atoms with Crippen LogP contribution in [0.15, 0.2) is 42.5 Å². The second-order valence-corrected chi connectivity index (χ2v) is 6.42. The van der Waals surface area contributed by atoms with Gasteiger partial charge in [-0.2, -0.15) is 0 Å². The monoisotopic (exact) mass is 359 g/mol. The highest BCUT2D eigenvalue weighted by atomic mass is 35.5. The van der Waals surface area contributed by atoms with Crippen LogP contribution in [-0.2, 0) is 0 Å². The lowest BCUT2D eigenvalue weighted by Crippen LogP contribution is -2.48. The number of halogens is 1. The number of para-hydroxylation sites is 1. The van der Waals surface area contributed by atoms with E-state index in [1.54, 1.807) is 24.0 Å². The van der Waals surface area contributed by atoms with Gasteiger partial charge in [0.1, 0.15) is 5.56 Å². The summed E-state index contributed by atoms with van der Waals surface area (Å²) in [6.45, 7) is 3.98. The van der Waals surface area contributed by atoms with E-state index in [1.807, 2.05) is 24.3 Å². The summed E-state index contributed by atoms with van der Waals surface area (Å²) in [6, 6.07) is 12.4. The van der Waals surface area contributed by atoms with Gasteiger partial charge >= 0.3 is 0 Å². The maximum absolute atomic E-state index is 12.8. The van der Waals surface area contributed by atoms with Crippen molar-refractivity contribution in [3.63, 3.8) is 0 Å². The largest absolute Gasteiger partial charge is 0.368 e. The Kier molecular flexibility index (Phi) is 4.90. The van der Waals surface area contributed by atoms with Crippen LogP contribution in [0.3, 0.4) is 0 Å². The van der Waals surface area contributed by atoms with Gasteiger partial charge in [-0.1, -0.05) is 29.8 Å². The number of nitrogens with zero attached hydrogens (tertiary/aromatic N) is 3. The fourth-order valence-corrected chi connectivity index (χ4v) is 3.27. The quantitative estimate of drug-likeness (QED) is 0.621. The van der Waals surface area contributed by atoms with Gasteiger partial charge in [-0.3, -0.25) is 14.9 Å². The summed E-state index contributed by atoms with van der Waals surface area (Å²) in [4.78, 5) is 27.4. The van der Waals surface area contributed by atoms with Crippen LogP contribution in [-0.4, -0.2) is 41.9 Å². The topological polar surface area (TPSA) is 66.7 Å². The van der Waals surface area contributed by atoms with Crippen molar-refractivity contribution in [3.8, 4) is 0 Å². The Balaban J connectivity index is 1.74. The van der Waals surface area contributed by atoms with Crippen LogP contribution in [0.25, 0.3) is 0 Å². The van der Waals surface area contributed by atoms with Crippen molar-refractivity contribution in [2.45, 2.75) is 6.92 Å². The molecule has 0 unspecified atom stereocenters. The maximum Gasteiger partial charge on any atom is 0.285 e. The molecule has 0 radical (unpaired) electrons. The van der Waals surface area contributed by atoms with Gasteiger partial charge in [-0.15, -0.1) is 0 Å². The lowest BCUT2D eigenvalue weighted by molar-refractivity contribution is -0.385. The number of anilines is 1. The van der Waals surface area contributed by atoms with Crippen molar-refractivity contribution in [3.05, 3.63) is 68.7 Å². The Morgan fingerprint density at radius 2 is 1.80 bits per heavy atom. The molecule has 6 nitrogen and oxygen atoms in total. The second kappa shape index (κ2) is 7.11. The van der Waals surface area contributed by atoms with Gasteiger partial charge in [-0.05, 0) is 31.2 Å². The number of nitro benzene ring substituents is 1. The molecule has 7 heteroatoms. The van der Waals surface area contributed by atoms with Gasteiger partial charge in [0.25, 0.3) is 11.6 Å². The van der Waals surface area contributed by atoms with Gasteiger partial charge in [0, 0.05) is 42.5 Å². The summed E-state index contributed by atoms with van der Waals surface area (Å²) < 4.78 is 0. The Hall–Kier alpha value is -2.60. The molecule has 1 heterocycles. The number of nitro groups is 1. The number of piperazine rings is 1. The average molecular weight is 360 g/mol. The molecule has 0 aromatic heterocycles. The molecule has 25 heavy (non-hydrogen) atoms. The third-order valence-electron chi connectivity index (χ3n) is 4.39. The third kappa shape index (κ3) is 3.58. The van der Waals surface area contributed by atoms with E-state index in [0.29, 0.717) is 36.8 Å². The SMILES string of the molecule is Cc1cccc(C(=O)N2CCN(c3cccc(Cl)c3)CC2)c1[N+](=O)[O-]. The van der Waals surface area contributed by atoms with Crippen LogP contribution in [0, 0.1) is 17.0 Å². The van der Waals surface area contributed by atoms with Gasteiger partial charge in [-0.25, -0.2) is 0 Å². The van der Waals surface area contributed by atoms with Crippen LogP contribution in [0.5, 0.6) is 0 Å². The molecule has 0 saturated carbocycles. The number of hydrogen-bond donors (Lipinski definition) is 0. The first-order valence-corrected chi connectivity index (χ1v) is 8.39. The first kappa shape index (κ1) is 17.2. The van der Waals surface area contributed by atoms with Crippen molar-refractivity contribution >= 4 is 28.9 Å². The summed E-state index contributed by atoms with van der Waals surface area (Å²) in [5.41, 5.74) is 1.56. The van der Waals surface area contributed by atoms with Crippen LogP contribution in [0.2, 0.25) is 5.02 Å². The van der Waals surface area contributed by atoms with E-state index in [1.165, 1.54) is 6.07 Å². The fraction of sp³-hybridized carbons (Fsp3) is 0.278. The number of benzene rings is 2. The highest BCUT2D eigenvalue weighted by molar-refractivity contribution is 6.30. The van der Waals surface area contributed by atoms with Gasteiger partial charge in [0.2, 0.25) is 0 Å². The molecule has 0 spiro atoms. The third-order valence-corrected chi connectivity index (χ3v) is 4.63. The highest BCUT2D eigenvalue weighted by Crippen LogP contribution is 2.26. The Bertz CT molecular complexity index is 817. The summed E-state index contributed by atoms with van der Waals surface area (Å²) in [6.07, 6.45) is 0.